The minimum Gasteiger partial charge on any atom is -0.494 e. The molecule has 10 heteroatoms. The lowest BCUT2D eigenvalue weighted by atomic mass is 9.53. The zero-order valence-corrected chi connectivity index (χ0v) is 19.1. The fraction of sp³-hybridized carbons (Fsp3) is 0.591. The van der Waals surface area contributed by atoms with Crippen LogP contribution < -0.4 is 15.4 Å². The summed E-state index contributed by atoms with van der Waals surface area (Å²) in [6.45, 7) is 1.74. The Labute approximate surface area is 191 Å². The number of tetrazole rings is 1. The van der Waals surface area contributed by atoms with Gasteiger partial charge in [-0.2, -0.15) is 4.68 Å². The van der Waals surface area contributed by atoms with E-state index in [0.717, 1.165) is 37.0 Å². The van der Waals surface area contributed by atoms with Crippen LogP contribution in [0.5, 0.6) is 5.75 Å². The summed E-state index contributed by atoms with van der Waals surface area (Å²) in [6.07, 6.45) is 7.03. The highest BCUT2D eigenvalue weighted by atomic mass is 32.2. The highest BCUT2D eigenvalue weighted by Crippen LogP contribution is 2.55. The second-order valence-corrected chi connectivity index (χ2v) is 10.8. The van der Waals surface area contributed by atoms with Gasteiger partial charge >= 0.3 is 6.03 Å². The Hall–Kier alpha value is -2.62. The number of urea groups is 1. The smallest absolute Gasteiger partial charge is 0.321 e. The minimum atomic E-state index is -0.559. The van der Waals surface area contributed by atoms with Crippen molar-refractivity contribution in [1.29, 1.82) is 0 Å². The van der Waals surface area contributed by atoms with Crippen molar-refractivity contribution in [1.82, 2.24) is 30.8 Å². The first-order valence-electron chi connectivity index (χ1n) is 11.2. The summed E-state index contributed by atoms with van der Waals surface area (Å²) in [6, 6.07) is 6.98. The Bertz CT molecular complexity index is 989. The highest BCUT2D eigenvalue weighted by molar-refractivity contribution is 8.00. The summed E-state index contributed by atoms with van der Waals surface area (Å²) in [4.78, 5) is 25.4. The van der Waals surface area contributed by atoms with Gasteiger partial charge in [-0.25, -0.2) is 4.79 Å². The molecular weight excluding hydrogens is 428 g/mol. The maximum Gasteiger partial charge on any atom is 0.321 e. The number of carbonyl (C=O) groups excluding carboxylic acids is 2. The molecule has 3 amide bonds. The Kier molecular flexibility index (Phi) is 5.56. The molecule has 1 aromatic carbocycles. The lowest BCUT2D eigenvalue weighted by molar-refractivity contribution is -0.119. The number of hydrogen-bond acceptors (Lipinski definition) is 7. The maximum absolute atomic E-state index is 12.7. The average molecular weight is 457 g/mol. The molecule has 32 heavy (non-hydrogen) atoms. The number of nitrogens with zero attached hydrogens (tertiary/aromatic N) is 4. The summed E-state index contributed by atoms with van der Waals surface area (Å²) in [5, 5.41) is 17.4. The van der Waals surface area contributed by atoms with E-state index >= 15 is 0 Å². The normalized spacial score (nSPS) is 28.9. The maximum atomic E-state index is 12.7. The van der Waals surface area contributed by atoms with Crippen molar-refractivity contribution in [2.45, 2.75) is 61.4 Å². The summed E-state index contributed by atoms with van der Waals surface area (Å²) in [5.74, 6) is 2.42. The molecule has 4 fully saturated rings. The van der Waals surface area contributed by atoms with Gasteiger partial charge in [0, 0.05) is 5.54 Å². The van der Waals surface area contributed by atoms with E-state index in [9.17, 15) is 9.59 Å². The number of aromatic nitrogens is 4. The molecule has 1 unspecified atom stereocenters. The number of amides is 3. The number of imide groups is 1. The average Bonchev–Trinajstić information content (AvgIpc) is 3.20. The van der Waals surface area contributed by atoms with Crippen molar-refractivity contribution < 1.29 is 14.3 Å². The van der Waals surface area contributed by atoms with E-state index in [1.54, 1.807) is 14.0 Å². The predicted octanol–water partition coefficient (Wildman–Crippen LogP) is 2.95. The van der Waals surface area contributed by atoms with Crippen LogP contribution in [0.4, 0.5) is 4.79 Å². The third kappa shape index (κ3) is 4.07. The number of hydrogen-bond donors (Lipinski definition) is 2. The Morgan fingerprint density at radius 2 is 1.81 bits per heavy atom. The van der Waals surface area contributed by atoms with Crippen molar-refractivity contribution in [2.24, 2.45) is 17.8 Å². The summed E-state index contributed by atoms with van der Waals surface area (Å²) < 4.78 is 6.92. The molecule has 1 heterocycles. The van der Waals surface area contributed by atoms with Crippen molar-refractivity contribution in [3.05, 3.63) is 24.3 Å². The van der Waals surface area contributed by atoms with Crippen molar-refractivity contribution in [3.63, 3.8) is 0 Å². The molecule has 0 saturated heterocycles. The molecule has 170 valence electrons. The molecule has 2 aromatic rings. The standard InChI is InChI=1S/C22H28N6O3S/c1-13(32-21-25-26-27-28(21)17-5-3-4-6-18(17)31-2)19(29)23-20(30)24-22-10-14-7-15(11-22)9-16(8-14)12-22/h3-6,13-16H,7-12H2,1-2H3,(H2,23,24,29,30). The molecule has 4 aliphatic rings. The molecule has 0 radical (unpaired) electrons. The topological polar surface area (TPSA) is 111 Å². The third-order valence-electron chi connectivity index (χ3n) is 7.06. The number of thioether (sulfide) groups is 1. The minimum absolute atomic E-state index is 0.135. The Morgan fingerprint density at radius 3 is 2.47 bits per heavy atom. The van der Waals surface area contributed by atoms with Gasteiger partial charge in [0.15, 0.2) is 0 Å². The van der Waals surface area contributed by atoms with Gasteiger partial charge in [0.25, 0.3) is 0 Å². The highest BCUT2D eigenvalue weighted by Gasteiger charge is 2.51. The van der Waals surface area contributed by atoms with Crippen LogP contribution in [-0.2, 0) is 4.79 Å². The molecule has 1 atom stereocenters. The first-order chi connectivity index (χ1) is 15.4. The second kappa shape index (κ2) is 8.38. The van der Waals surface area contributed by atoms with Crippen LogP contribution in [0.3, 0.4) is 0 Å². The van der Waals surface area contributed by atoms with Crippen LogP contribution >= 0.6 is 11.8 Å². The Morgan fingerprint density at radius 1 is 1.16 bits per heavy atom. The number of rotatable bonds is 6. The van der Waals surface area contributed by atoms with E-state index < -0.39 is 11.3 Å². The van der Waals surface area contributed by atoms with Gasteiger partial charge in [-0.05, 0) is 85.8 Å². The van der Waals surface area contributed by atoms with Crippen molar-refractivity contribution >= 4 is 23.7 Å². The van der Waals surface area contributed by atoms with Gasteiger partial charge in [-0.15, -0.1) is 5.10 Å². The van der Waals surface area contributed by atoms with Gasteiger partial charge in [0.2, 0.25) is 11.1 Å². The number of nitrogens with one attached hydrogen (secondary N) is 2. The largest absolute Gasteiger partial charge is 0.494 e. The summed E-state index contributed by atoms with van der Waals surface area (Å²) >= 11 is 1.19. The quantitative estimate of drug-likeness (QED) is 0.643. The monoisotopic (exact) mass is 456 g/mol. The van der Waals surface area contributed by atoms with Gasteiger partial charge in [-0.1, -0.05) is 23.9 Å². The molecule has 6 rings (SSSR count). The number of ether oxygens (including phenoxy) is 1. The van der Waals surface area contributed by atoms with Gasteiger partial charge in [0.05, 0.1) is 12.4 Å². The molecule has 4 saturated carbocycles. The van der Waals surface area contributed by atoms with Crippen LogP contribution in [0.1, 0.15) is 45.4 Å². The Balaban J connectivity index is 1.21. The van der Waals surface area contributed by atoms with Crippen LogP contribution in [0, 0.1) is 17.8 Å². The first kappa shape index (κ1) is 21.2. The second-order valence-electron chi connectivity index (χ2n) is 9.45. The fourth-order valence-electron chi connectivity index (χ4n) is 6.17. The van der Waals surface area contributed by atoms with E-state index in [-0.39, 0.29) is 11.4 Å². The molecule has 0 aliphatic heterocycles. The SMILES string of the molecule is COc1ccccc1-n1nnnc1SC(C)C(=O)NC(=O)NC12CC3CC(CC(C3)C1)C2. The zero-order chi connectivity index (χ0) is 22.3. The molecule has 1 aromatic heterocycles. The molecular formula is C22H28N6O3S. The van der Waals surface area contributed by atoms with Crippen LogP contribution in [0.15, 0.2) is 29.4 Å². The molecule has 4 aliphatic carbocycles. The van der Waals surface area contributed by atoms with E-state index in [2.05, 4.69) is 26.2 Å². The van der Waals surface area contributed by atoms with Crippen LogP contribution in [-0.4, -0.2) is 50.0 Å². The van der Waals surface area contributed by atoms with E-state index in [0.29, 0.717) is 16.6 Å². The molecule has 4 bridgehead atoms. The van der Waals surface area contributed by atoms with Crippen molar-refractivity contribution in [3.8, 4) is 11.4 Å². The number of carbonyl (C=O) groups is 2. The summed E-state index contributed by atoms with van der Waals surface area (Å²) in [5.41, 5.74) is 0.540. The number of methoxy groups -OCH3 is 1. The molecule has 0 spiro atoms. The first-order valence-corrected chi connectivity index (χ1v) is 12.0. The molecule has 9 nitrogen and oxygen atoms in total. The van der Waals surface area contributed by atoms with Gasteiger partial charge < -0.3 is 10.1 Å². The van der Waals surface area contributed by atoms with Crippen molar-refractivity contribution in [2.75, 3.05) is 7.11 Å². The van der Waals surface area contributed by atoms with Gasteiger partial charge in [0.1, 0.15) is 11.4 Å². The van der Waals surface area contributed by atoms with E-state index in [4.69, 9.17) is 4.74 Å². The lowest BCUT2D eigenvalue weighted by Gasteiger charge is -2.56. The zero-order valence-electron chi connectivity index (χ0n) is 18.3. The molecule has 2 N–H and O–H groups in total. The fourth-order valence-corrected chi connectivity index (χ4v) is 6.97. The van der Waals surface area contributed by atoms with Gasteiger partial charge in [-0.3, -0.25) is 10.1 Å². The number of para-hydroxylation sites is 2. The third-order valence-corrected chi connectivity index (χ3v) is 8.09. The van der Waals surface area contributed by atoms with E-state index in [1.807, 2.05) is 24.3 Å². The van der Waals surface area contributed by atoms with E-state index in [1.165, 1.54) is 35.7 Å². The number of benzene rings is 1. The summed E-state index contributed by atoms with van der Waals surface area (Å²) in [7, 11) is 1.58. The predicted molar refractivity (Wildman–Crippen MR) is 119 cm³/mol. The van der Waals surface area contributed by atoms with Crippen LogP contribution in [0.2, 0.25) is 0 Å². The lowest BCUT2D eigenvalue weighted by Crippen LogP contribution is -2.62. The van der Waals surface area contributed by atoms with Crippen LogP contribution in [0.25, 0.3) is 5.69 Å².